The van der Waals surface area contributed by atoms with Gasteiger partial charge in [-0.3, -0.25) is 4.90 Å². The molecule has 3 N–H and O–H groups in total. The van der Waals surface area contributed by atoms with E-state index in [9.17, 15) is 10.2 Å². The molecule has 0 amide bonds. The van der Waals surface area contributed by atoms with E-state index in [2.05, 4.69) is 75.2 Å². The SMILES string of the molecule is Cc1cccc(C[C@H](O)C=C[C@@H]2[C@H]3CC(CCNCCN(C(C)C)C(C)C)=C[C@H]3C[C@H]2O)c1. The van der Waals surface area contributed by atoms with Gasteiger partial charge in [-0.1, -0.05) is 53.6 Å². The molecular weight excluding hydrogens is 408 g/mol. The summed E-state index contributed by atoms with van der Waals surface area (Å²) in [5, 5.41) is 24.8. The zero-order valence-electron chi connectivity index (χ0n) is 21.4. The third kappa shape index (κ3) is 7.51. The van der Waals surface area contributed by atoms with Gasteiger partial charge in [0.15, 0.2) is 0 Å². The van der Waals surface area contributed by atoms with Crippen LogP contribution in [-0.4, -0.2) is 59.0 Å². The first-order valence-electron chi connectivity index (χ1n) is 13.0. The van der Waals surface area contributed by atoms with E-state index in [0.717, 1.165) is 44.5 Å². The van der Waals surface area contributed by atoms with Crippen LogP contribution in [0.15, 0.2) is 48.1 Å². The van der Waals surface area contributed by atoms with Gasteiger partial charge < -0.3 is 15.5 Å². The standard InChI is InChI=1S/C29H46N2O2/c1-20(2)31(21(3)4)14-13-30-12-11-24-16-25-19-29(33)27(28(25)18-24)10-9-26(32)17-23-8-6-7-22(5)15-23/h6-10,15-16,20-21,25-30,32-33H,11-14,17-19H2,1-5H3/t25-,26+,27+,28-,29+/m0/s1. The molecule has 0 unspecified atom stereocenters. The van der Waals surface area contributed by atoms with Crippen LogP contribution in [0.25, 0.3) is 0 Å². The van der Waals surface area contributed by atoms with Crippen LogP contribution in [0.3, 0.4) is 0 Å². The molecule has 2 aliphatic carbocycles. The first-order valence-corrected chi connectivity index (χ1v) is 13.0. The van der Waals surface area contributed by atoms with Gasteiger partial charge in [-0.15, -0.1) is 0 Å². The monoisotopic (exact) mass is 454 g/mol. The van der Waals surface area contributed by atoms with Gasteiger partial charge in [0.2, 0.25) is 0 Å². The maximum atomic E-state index is 10.6. The predicted octanol–water partition coefficient (Wildman–Crippen LogP) is 4.50. The maximum Gasteiger partial charge on any atom is 0.0761 e. The number of fused-ring (bicyclic) bond motifs is 1. The van der Waals surface area contributed by atoms with Gasteiger partial charge in [0.05, 0.1) is 12.2 Å². The number of nitrogens with one attached hydrogen (secondary N) is 1. The highest BCUT2D eigenvalue weighted by Crippen LogP contribution is 2.47. The molecule has 1 saturated carbocycles. The molecule has 3 rings (SSSR count). The predicted molar refractivity (Wildman–Crippen MR) is 138 cm³/mol. The van der Waals surface area contributed by atoms with Crippen molar-refractivity contribution in [3.63, 3.8) is 0 Å². The van der Waals surface area contributed by atoms with Gasteiger partial charge >= 0.3 is 0 Å². The van der Waals surface area contributed by atoms with E-state index < -0.39 is 6.10 Å². The molecule has 5 atom stereocenters. The summed E-state index contributed by atoms with van der Waals surface area (Å²) in [6.07, 6.45) is 9.28. The van der Waals surface area contributed by atoms with Crippen molar-refractivity contribution in [1.82, 2.24) is 10.2 Å². The quantitative estimate of drug-likeness (QED) is 0.322. The Bertz CT molecular complexity index is 793. The number of hydrogen-bond acceptors (Lipinski definition) is 4. The smallest absolute Gasteiger partial charge is 0.0761 e. The number of nitrogens with zero attached hydrogens (tertiary/aromatic N) is 1. The number of allylic oxidation sites excluding steroid dienone is 1. The lowest BCUT2D eigenvalue weighted by Gasteiger charge is -2.30. The number of rotatable bonds is 12. The lowest BCUT2D eigenvalue weighted by Crippen LogP contribution is -2.41. The first kappa shape index (κ1) is 26.2. The Morgan fingerprint density at radius 3 is 2.61 bits per heavy atom. The van der Waals surface area contributed by atoms with Crippen LogP contribution >= 0.6 is 0 Å². The fourth-order valence-corrected chi connectivity index (χ4v) is 5.89. The molecule has 0 aromatic heterocycles. The second kappa shape index (κ2) is 12.3. The number of aliphatic hydroxyl groups is 2. The van der Waals surface area contributed by atoms with Crippen molar-refractivity contribution in [3.8, 4) is 0 Å². The number of benzene rings is 1. The molecule has 0 spiro atoms. The summed E-state index contributed by atoms with van der Waals surface area (Å²) in [5.41, 5.74) is 3.90. The van der Waals surface area contributed by atoms with Gasteiger partial charge in [0.25, 0.3) is 0 Å². The Hall–Kier alpha value is -1.46. The van der Waals surface area contributed by atoms with Crippen molar-refractivity contribution in [3.05, 3.63) is 59.2 Å². The van der Waals surface area contributed by atoms with Crippen molar-refractivity contribution in [2.75, 3.05) is 19.6 Å². The van der Waals surface area contributed by atoms with Crippen LogP contribution in [0.2, 0.25) is 0 Å². The summed E-state index contributed by atoms with van der Waals surface area (Å²) >= 11 is 0. The fraction of sp³-hybridized carbons (Fsp3) is 0.655. The van der Waals surface area contributed by atoms with Crippen molar-refractivity contribution in [1.29, 1.82) is 0 Å². The summed E-state index contributed by atoms with van der Waals surface area (Å²) in [6, 6.07) is 9.47. The summed E-state index contributed by atoms with van der Waals surface area (Å²) < 4.78 is 0. The van der Waals surface area contributed by atoms with Gasteiger partial charge in [-0.2, -0.15) is 0 Å². The lowest BCUT2D eigenvalue weighted by molar-refractivity contribution is 0.140. The molecule has 0 radical (unpaired) electrons. The Morgan fingerprint density at radius 2 is 1.91 bits per heavy atom. The van der Waals surface area contributed by atoms with Crippen LogP contribution in [-0.2, 0) is 6.42 Å². The van der Waals surface area contributed by atoms with Gasteiger partial charge in [0.1, 0.15) is 0 Å². The Balaban J connectivity index is 1.43. The second-order valence-electron chi connectivity index (χ2n) is 10.8. The van der Waals surface area contributed by atoms with Crippen LogP contribution < -0.4 is 5.32 Å². The van der Waals surface area contributed by atoms with Gasteiger partial charge in [-0.25, -0.2) is 0 Å². The molecule has 2 aliphatic rings. The Labute approximate surface area is 201 Å². The van der Waals surface area contributed by atoms with E-state index in [4.69, 9.17) is 0 Å². The number of aliphatic hydroxyl groups excluding tert-OH is 2. The molecule has 0 heterocycles. The highest BCUT2D eigenvalue weighted by Gasteiger charge is 2.43. The molecule has 4 nitrogen and oxygen atoms in total. The molecule has 1 aromatic rings. The highest BCUT2D eigenvalue weighted by molar-refractivity contribution is 5.24. The van der Waals surface area contributed by atoms with E-state index in [1.54, 1.807) is 0 Å². The second-order valence-corrected chi connectivity index (χ2v) is 10.8. The third-order valence-corrected chi connectivity index (χ3v) is 7.53. The van der Waals surface area contributed by atoms with Crippen molar-refractivity contribution in [2.24, 2.45) is 17.8 Å². The van der Waals surface area contributed by atoms with Crippen LogP contribution in [0.1, 0.15) is 58.1 Å². The molecular formula is C29H46N2O2. The molecule has 33 heavy (non-hydrogen) atoms. The van der Waals surface area contributed by atoms with Crippen molar-refractivity contribution >= 4 is 0 Å². The molecule has 4 heteroatoms. The summed E-state index contributed by atoms with van der Waals surface area (Å²) in [4.78, 5) is 2.53. The number of aryl methyl sites for hydroxylation is 1. The fourth-order valence-electron chi connectivity index (χ4n) is 5.89. The van der Waals surface area contributed by atoms with Crippen molar-refractivity contribution < 1.29 is 10.2 Å². The molecule has 0 bridgehead atoms. The third-order valence-electron chi connectivity index (χ3n) is 7.53. The summed E-state index contributed by atoms with van der Waals surface area (Å²) in [5.74, 6) is 1.11. The van der Waals surface area contributed by atoms with Gasteiger partial charge in [0, 0.05) is 37.5 Å². The zero-order valence-corrected chi connectivity index (χ0v) is 21.4. The average molecular weight is 455 g/mol. The summed E-state index contributed by atoms with van der Waals surface area (Å²) in [7, 11) is 0. The maximum absolute atomic E-state index is 10.6. The summed E-state index contributed by atoms with van der Waals surface area (Å²) in [6.45, 7) is 14.3. The van der Waals surface area contributed by atoms with Crippen LogP contribution in [0.4, 0.5) is 0 Å². The molecule has 0 saturated heterocycles. The Kier molecular flexibility index (Phi) is 9.75. The topological polar surface area (TPSA) is 55.7 Å². The molecule has 1 fully saturated rings. The molecule has 184 valence electrons. The minimum Gasteiger partial charge on any atom is -0.392 e. The molecule has 0 aliphatic heterocycles. The van der Waals surface area contributed by atoms with Crippen LogP contribution in [0, 0.1) is 24.7 Å². The normalized spacial score (nSPS) is 26.1. The van der Waals surface area contributed by atoms with E-state index in [1.807, 2.05) is 12.1 Å². The molecule has 1 aromatic carbocycles. The van der Waals surface area contributed by atoms with E-state index in [-0.39, 0.29) is 12.0 Å². The average Bonchev–Trinajstić information content (AvgIpc) is 3.24. The highest BCUT2D eigenvalue weighted by atomic mass is 16.3. The minimum absolute atomic E-state index is 0.148. The minimum atomic E-state index is -0.507. The number of hydrogen-bond donors (Lipinski definition) is 3. The first-order chi connectivity index (χ1) is 15.7. The van der Waals surface area contributed by atoms with E-state index >= 15 is 0 Å². The van der Waals surface area contributed by atoms with E-state index in [0.29, 0.717) is 30.3 Å². The van der Waals surface area contributed by atoms with Crippen molar-refractivity contribution in [2.45, 2.75) is 84.6 Å². The zero-order chi connectivity index (χ0) is 24.0. The van der Waals surface area contributed by atoms with Gasteiger partial charge in [-0.05, 0) is 77.8 Å². The Morgan fingerprint density at radius 1 is 1.15 bits per heavy atom. The lowest BCUT2D eigenvalue weighted by atomic mass is 9.88. The van der Waals surface area contributed by atoms with E-state index in [1.165, 1.54) is 11.1 Å². The largest absolute Gasteiger partial charge is 0.392 e. The van der Waals surface area contributed by atoms with Crippen LogP contribution in [0.5, 0.6) is 0 Å².